The van der Waals surface area contributed by atoms with E-state index >= 15 is 0 Å². The van der Waals surface area contributed by atoms with Crippen molar-refractivity contribution in [2.45, 2.75) is 6.42 Å². The highest BCUT2D eigenvalue weighted by molar-refractivity contribution is 8.26. The molecule has 6 nitrogen and oxygen atoms in total. The summed E-state index contributed by atoms with van der Waals surface area (Å²) in [5, 5.41) is 0. The molecule has 2 heterocycles. The number of quaternary nitrogens is 1. The van der Waals surface area contributed by atoms with Crippen molar-refractivity contribution in [3.8, 4) is 5.75 Å². The number of piperazine rings is 1. The van der Waals surface area contributed by atoms with Gasteiger partial charge >= 0.3 is 0 Å². The van der Waals surface area contributed by atoms with Gasteiger partial charge in [0.15, 0.2) is 0 Å². The Bertz CT molecular complexity index is 773. The van der Waals surface area contributed by atoms with E-state index in [1.807, 2.05) is 29.2 Å². The van der Waals surface area contributed by atoms with Crippen LogP contribution in [-0.4, -0.2) is 72.8 Å². The van der Waals surface area contributed by atoms with Crippen molar-refractivity contribution >= 4 is 46.2 Å². The van der Waals surface area contributed by atoms with Crippen LogP contribution in [0.15, 0.2) is 29.2 Å². The molecular weight excluding hydrogens is 382 g/mol. The number of thiocarbonyl (C=S) groups is 1. The van der Waals surface area contributed by atoms with Gasteiger partial charge in [0.05, 0.1) is 45.2 Å². The first kappa shape index (κ1) is 19.9. The summed E-state index contributed by atoms with van der Waals surface area (Å²) in [5.74, 6) is 0.645. The fraction of sp³-hybridized carbons (Fsp3) is 0.421. The van der Waals surface area contributed by atoms with Gasteiger partial charge in [0.1, 0.15) is 10.1 Å². The molecule has 2 aliphatic rings. The lowest BCUT2D eigenvalue weighted by Gasteiger charge is -2.30. The molecule has 0 atom stereocenters. The molecule has 1 aromatic carbocycles. The van der Waals surface area contributed by atoms with Gasteiger partial charge in [0.2, 0.25) is 5.91 Å². The smallest absolute Gasteiger partial charge is 0.266 e. The van der Waals surface area contributed by atoms with Crippen LogP contribution in [0.1, 0.15) is 12.0 Å². The number of hydrogen-bond acceptors (Lipinski definition) is 5. The Morgan fingerprint density at radius 2 is 2.04 bits per heavy atom. The summed E-state index contributed by atoms with van der Waals surface area (Å²) in [4.78, 5) is 30.6. The van der Waals surface area contributed by atoms with Crippen LogP contribution in [0.25, 0.3) is 6.08 Å². The zero-order valence-corrected chi connectivity index (χ0v) is 17.2. The lowest BCUT2D eigenvalue weighted by atomic mass is 10.2. The van der Waals surface area contributed by atoms with Gasteiger partial charge in [-0.05, 0) is 12.1 Å². The maximum Gasteiger partial charge on any atom is 0.266 e. The molecule has 2 saturated heterocycles. The molecule has 0 spiro atoms. The van der Waals surface area contributed by atoms with E-state index in [2.05, 4.69) is 7.05 Å². The number of amides is 2. The standard InChI is InChI=1S/C19H23N3O3S2/c1-20-9-11-21(12-10-20)17(23)7-8-22-18(24)16(27-19(22)26)13-14-5-3-4-6-15(14)25-2/h3-6,13H,7-12H2,1-2H3/p+1/b16-13-. The molecule has 2 aliphatic heterocycles. The largest absolute Gasteiger partial charge is 0.496 e. The first-order chi connectivity index (χ1) is 13.0. The first-order valence-electron chi connectivity index (χ1n) is 8.97. The van der Waals surface area contributed by atoms with Gasteiger partial charge in [-0.15, -0.1) is 0 Å². The number of rotatable bonds is 5. The van der Waals surface area contributed by atoms with Crippen LogP contribution >= 0.6 is 24.0 Å². The minimum absolute atomic E-state index is 0.0882. The van der Waals surface area contributed by atoms with Crippen molar-refractivity contribution in [3.63, 3.8) is 0 Å². The Hall–Kier alpha value is -1.90. The number of thioether (sulfide) groups is 1. The van der Waals surface area contributed by atoms with E-state index in [4.69, 9.17) is 17.0 Å². The van der Waals surface area contributed by atoms with Crippen LogP contribution in [0.3, 0.4) is 0 Å². The Balaban J connectivity index is 1.62. The summed E-state index contributed by atoms with van der Waals surface area (Å²) < 4.78 is 5.83. The normalized spacial score (nSPS) is 19.9. The summed E-state index contributed by atoms with van der Waals surface area (Å²) in [6.07, 6.45) is 2.09. The number of carbonyl (C=O) groups is 2. The number of nitrogens with zero attached hydrogens (tertiary/aromatic N) is 2. The fourth-order valence-electron chi connectivity index (χ4n) is 3.12. The van der Waals surface area contributed by atoms with E-state index in [0.717, 1.165) is 31.7 Å². The van der Waals surface area contributed by atoms with E-state index in [0.29, 0.717) is 27.9 Å². The molecule has 3 rings (SSSR count). The average molecular weight is 407 g/mol. The predicted octanol–water partition coefficient (Wildman–Crippen LogP) is 0.643. The number of nitrogens with one attached hydrogen (secondary N) is 1. The molecule has 1 aromatic rings. The van der Waals surface area contributed by atoms with Gasteiger partial charge in [0, 0.05) is 18.5 Å². The minimum Gasteiger partial charge on any atom is -0.496 e. The Morgan fingerprint density at radius 3 is 2.74 bits per heavy atom. The van der Waals surface area contributed by atoms with E-state index in [1.54, 1.807) is 13.2 Å². The molecule has 0 saturated carbocycles. The quantitative estimate of drug-likeness (QED) is 0.575. The van der Waals surface area contributed by atoms with Crippen molar-refractivity contribution in [1.29, 1.82) is 0 Å². The molecule has 2 fully saturated rings. The summed E-state index contributed by atoms with van der Waals surface area (Å²) in [6.45, 7) is 3.81. The van der Waals surface area contributed by atoms with E-state index in [1.165, 1.54) is 21.6 Å². The molecule has 8 heteroatoms. The number of ether oxygens (including phenoxy) is 1. The number of likely N-dealkylation sites (N-methyl/N-ethyl adjacent to an activating group) is 1. The molecular formula is C19H24N3O3S2+. The van der Waals surface area contributed by atoms with Crippen LogP contribution in [-0.2, 0) is 9.59 Å². The second-order valence-corrected chi connectivity index (χ2v) is 8.34. The third-order valence-corrected chi connectivity index (χ3v) is 6.20. The van der Waals surface area contributed by atoms with Gasteiger partial charge in [-0.2, -0.15) is 0 Å². The summed E-state index contributed by atoms with van der Waals surface area (Å²) in [7, 11) is 3.74. The van der Waals surface area contributed by atoms with E-state index in [-0.39, 0.29) is 11.8 Å². The molecule has 0 unspecified atom stereocenters. The van der Waals surface area contributed by atoms with Crippen molar-refractivity contribution in [2.24, 2.45) is 0 Å². The second kappa shape index (κ2) is 8.86. The molecule has 144 valence electrons. The maximum atomic E-state index is 12.7. The van der Waals surface area contributed by atoms with Gasteiger partial charge in [0.25, 0.3) is 5.91 Å². The zero-order chi connectivity index (χ0) is 19.4. The number of methoxy groups -OCH3 is 1. The van der Waals surface area contributed by atoms with E-state index in [9.17, 15) is 9.59 Å². The van der Waals surface area contributed by atoms with Crippen molar-refractivity contribution < 1.29 is 19.2 Å². The van der Waals surface area contributed by atoms with Crippen LogP contribution in [0.5, 0.6) is 5.75 Å². The van der Waals surface area contributed by atoms with Gasteiger partial charge in [-0.25, -0.2) is 0 Å². The monoisotopic (exact) mass is 406 g/mol. The number of hydrogen-bond donors (Lipinski definition) is 1. The molecule has 0 radical (unpaired) electrons. The van der Waals surface area contributed by atoms with Crippen LogP contribution < -0.4 is 9.64 Å². The maximum absolute atomic E-state index is 12.7. The summed E-state index contributed by atoms with van der Waals surface area (Å²) in [6, 6.07) is 7.52. The first-order valence-corrected chi connectivity index (χ1v) is 10.2. The second-order valence-electron chi connectivity index (χ2n) is 6.66. The number of para-hydroxylation sites is 1. The average Bonchev–Trinajstić information content (AvgIpc) is 2.94. The minimum atomic E-state index is -0.147. The van der Waals surface area contributed by atoms with Gasteiger partial charge < -0.3 is 14.5 Å². The summed E-state index contributed by atoms with van der Waals surface area (Å²) in [5.41, 5.74) is 0.830. The summed E-state index contributed by atoms with van der Waals surface area (Å²) >= 11 is 6.63. The zero-order valence-electron chi connectivity index (χ0n) is 15.6. The molecule has 0 aromatic heterocycles. The highest BCUT2D eigenvalue weighted by atomic mass is 32.2. The fourth-order valence-corrected chi connectivity index (χ4v) is 4.42. The highest BCUT2D eigenvalue weighted by Crippen LogP contribution is 2.34. The molecule has 1 N–H and O–H groups in total. The molecule has 0 aliphatic carbocycles. The van der Waals surface area contributed by atoms with Crippen LogP contribution in [0.2, 0.25) is 0 Å². The van der Waals surface area contributed by atoms with Crippen molar-refractivity contribution in [1.82, 2.24) is 9.80 Å². The van der Waals surface area contributed by atoms with Crippen molar-refractivity contribution in [2.75, 3.05) is 46.9 Å². The van der Waals surface area contributed by atoms with Gasteiger partial charge in [-0.1, -0.05) is 42.2 Å². The number of benzene rings is 1. The lowest BCUT2D eigenvalue weighted by Crippen LogP contribution is -3.12. The van der Waals surface area contributed by atoms with Gasteiger partial charge in [-0.3, -0.25) is 14.5 Å². The SMILES string of the molecule is COc1ccccc1/C=C1\SC(=S)N(CCC(=O)N2CC[NH+](C)CC2)C1=O. The van der Waals surface area contributed by atoms with E-state index < -0.39 is 0 Å². The lowest BCUT2D eigenvalue weighted by molar-refractivity contribution is -0.883. The van der Waals surface area contributed by atoms with Crippen LogP contribution in [0, 0.1) is 0 Å². The Labute approximate surface area is 169 Å². The predicted molar refractivity (Wildman–Crippen MR) is 111 cm³/mol. The van der Waals surface area contributed by atoms with Crippen LogP contribution in [0.4, 0.5) is 0 Å². The third-order valence-electron chi connectivity index (χ3n) is 4.82. The Kier molecular flexibility index (Phi) is 6.51. The third kappa shape index (κ3) is 4.69. The highest BCUT2D eigenvalue weighted by Gasteiger charge is 2.33. The topological polar surface area (TPSA) is 54.3 Å². The molecule has 0 bridgehead atoms. The molecule has 2 amide bonds. The number of carbonyl (C=O) groups excluding carboxylic acids is 2. The Morgan fingerprint density at radius 1 is 1.33 bits per heavy atom. The van der Waals surface area contributed by atoms with Crippen molar-refractivity contribution in [3.05, 3.63) is 34.7 Å². The molecule has 27 heavy (non-hydrogen) atoms.